The van der Waals surface area contributed by atoms with Crippen molar-refractivity contribution in [2.45, 2.75) is 12.3 Å². The van der Waals surface area contributed by atoms with Gasteiger partial charge in [0.1, 0.15) is 0 Å². The molecule has 130 valence electrons. The minimum Gasteiger partial charge on any atom is -0.477 e. The van der Waals surface area contributed by atoms with Crippen molar-refractivity contribution in [1.29, 1.82) is 0 Å². The first-order valence-electron chi connectivity index (χ1n) is 6.74. The number of hydrogen-bond donors (Lipinski definition) is 2. The lowest BCUT2D eigenvalue weighted by molar-refractivity contribution is -0.907. The average molecular weight is 338 g/mol. The Labute approximate surface area is 134 Å². The van der Waals surface area contributed by atoms with Crippen molar-refractivity contribution in [3.8, 4) is 0 Å². The van der Waals surface area contributed by atoms with Gasteiger partial charge in [0, 0.05) is 6.92 Å². The predicted molar refractivity (Wildman–Crippen MR) is 87.9 cm³/mol. The summed E-state index contributed by atoms with van der Waals surface area (Å²) in [4.78, 5) is 10.00. The smallest absolute Gasteiger partial charge is 0.359 e. The number of carboxylic acids is 1. The summed E-state index contributed by atoms with van der Waals surface area (Å²) in [5.74, 6) is -0.752. The van der Waals surface area contributed by atoms with Crippen molar-refractivity contribution in [3.05, 3.63) is 25.3 Å². The Balaban J connectivity index is 0. The van der Waals surface area contributed by atoms with E-state index >= 15 is 0 Å². The molecule has 0 saturated heterocycles. The zero-order valence-corrected chi connectivity index (χ0v) is 15.0. The molecule has 0 saturated carbocycles. The van der Waals surface area contributed by atoms with Crippen LogP contribution in [0.1, 0.15) is 6.92 Å². The second kappa shape index (κ2) is 9.04. The summed E-state index contributed by atoms with van der Waals surface area (Å²) in [7, 11) is 3.23. The molecule has 0 aliphatic heterocycles. The fourth-order valence-corrected chi connectivity index (χ4v) is 2.50. The molecule has 0 spiro atoms. The van der Waals surface area contributed by atoms with Crippen molar-refractivity contribution in [3.63, 3.8) is 0 Å². The van der Waals surface area contributed by atoms with Crippen molar-refractivity contribution >= 4 is 16.1 Å². The van der Waals surface area contributed by atoms with Crippen molar-refractivity contribution < 1.29 is 31.8 Å². The number of rotatable bonds is 8. The van der Waals surface area contributed by atoms with E-state index in [0.29, 0.717) is 17.6 Å². The third-order valence-corrected chi connectivity index (χ3v) is 4.38. The van der Waals surface area contributed by atoms with Crippen LogP contribution >= 0.6 is 0 Å². The van der Waals surface area contributed by atoms with Gasteiger partial charge in [0.2, 0.25) is 5.37 Å². The number of carboxylic acid groups (broad SMARTS) is 1. The lowest BCUT2D eigenvalue weighted by Crippen LogP contribution is -2.54. The quantitative estimate of drug-likeness (QED) is 0.388. The van der Waals surface area contributed by atoms with Crippen LogP contribution < -0.4 is 0 Å². The first kappa shape index (κ1) is 23.1. The summed E-state index contributed by atoms with van der Waals surface area (Å²) < 4.78 is 31.6. The maximum absolute atomic E-state index is 11.0. The molecule has 0 aromatic heterocycles. The van der Waals surface area contributed by atoms with Crippen LogP contribution in [-0.4, -0.2) is 86.2 Å². The number of likely N-dealkylation sites (N-methyl/N-ethyl adjacent to an activating group) is 2. The Morgan fingerprint density at radius 2 is 1.50 bits per heavy atom. The number of aliphatic carboxylic acids is 1. The van der Waals surface area contributed by atoms with Gasteiger partial charge in [-0.25, -0.2) is 4.79 Å². The molecule has 0 rings (SSSR count). The topological polar surface area (TPSA) is 91.7 Å². The highest BCUT2D eigenvalue weighted by molar-refractivity contribution is 7.86. The zero-order valence-electron chi connectivity index (χ0n) is 14.2. The monoisotopic (exact) mass is 338 g/mol. The number of nitrogens with zero attached hydrogens (tertiary/aromatic N) is 2. The Hall–Kier alpha value is -1.22. The van der Waals surface area contributed by atoms with Gasteiger partial charge in [0.25, 0.3) is 0 Å². The van der Waals surface area contributed by atoms with Crippen LogP contribution in [0.5, 0.6) is 0 Å². The molecular weight excluding hydrogens is 308 g/mol. The lowest BCUT2D eigenvalue weighted by Gasteiger charge is -2.36. The fourth-order valence-electron chi connectivity index (χ4n) is 1.69. The highest BCUT2D eigenvalue weighted by Crippen LogP contribution is 2.15. The van der Waals surface area contributed by atoms with E-state index < -0.39 is 21.5 Å². The molecule has 0 aliphatic carbocycles. The molecule has 0 heterocycles. The molecule has 0 aliphatic rings. The van der Waals surface area contributed by atoms with Crippen LogP contribution in [-0.2, 0) is 14.9 Å². The van der Waals surface area contributed by atoms with Crippen molar-refractivity contribution in [2.24, 2.45) is 0 Å². The predicted octanol–water partition coefficient (Wildman–Crippen LogP) is 0.816. The Morgan fingerprint density at radius 3 is 1.64 bits per heavy atom. The summed E-state index contributed by atoms with van der Waals surface area (Å²) in [6.07, 6.45) is 3.26. The number of hydrogen-bond acceptors (Lipinski definition) is 3. The number of carbonyl (C=O) groups is 1. The Bertz CT molecular complexity index is 470. The van der Waals surface area contributed by atoms with Crippen LogP contribution in [0.2, 0.25) is 0 Å². The zero-order chi connectivity index (χ0) is 18.2. The largest absolute Gasteiger partial charge is 0.477 e. The van der Waals surface area contributed by atoms with Gasteiger partial charge in [-0.05, 0) is 12.2 Å². The second-order valence-corrected chi connectivity index (χ2v) is 8.09. The highest BCUT2D eigenvalue weighted by Gasteiger charge is 2.35. The molecule has 7 nitrogen and oxygen atoms in total. The van der Waals surface area contributed by atoms with E-state index in [1.807, 2.05) is 21.1 Å². The molecule has 1 atom stereocenters. The van der Waals surface area contributed by atoms with Gasteiger partial charge in [-0.1, -0.05) is 13.2 Å². The van der Waals surface area contributed by atoms with Crippen LogP contribution in [0.15, 0.2) is 25.3 Å². The van der Waals surface area contributed by atoms with Gasteiger partial charge < -0.3 is 14.1 Å². The van der Waals surface area contributed by atoms with Crippen LogP contribution in [0.3, 0.4) is 0 Å². The molecule has 0 radical (unpaired) electrons. The Kier molecular flexibility index (Phi) is 9.47. The maximum Gasteiger partial charge on any atom is 0.359 e. The third-order valence-electron chi connectivity index (χ3n) is 3.01. The average Bonchev–Trinajstić information content (AvgIpc) is 2.24. The molecule has 0 bridgehead atoms. The second-order valence-electron chi connectivity index (χ2n) is 6.38. The summed E-state index contributed by atoms with van der Waals surface area (Å²) >= 11 is 0. The van der Waals surface area contributed by atoms with Crippen molar-refractivity contribution in [2.75, 3.05) is 47.8 Å². The van der Waals surface area contributed by atoms with Crippen molar-refractivity contribution in [1.82, 2.24) is 0 Å². The molecule has 0 amide bonds. The molecule has 2 N–H and O–H groups in total. The maximum atomic E-state index is 11.0. The molecular formula is C14H30N2O5S+2. The summed E-state index contributed by atoms with van der Waals surface area (Å²) in [5.41, 5.74) is 0. The van der Waals surface area contributed by atoms with E-state index in [0.717, 1.165) is 0 Å². The van der Waals surface area contributed by atoms with Gasteiger partial charge in [-0.3, -0.25) is 4.55 Å². The molecule has 22 heavy (non-hydrogen) atoms. The van der Waals surface area contributed by atoms with Crippen LogP contribution in [0, 0.1) is 0 Å². The SMILES string of the molecule is C=CC[N+](C)(CC=C)C(C)S(=O)(=O)O.C[N+](C)(C)CC(=O)O. The van der Waals surface area contributed by atoms with Crippen LogP contribution in [0.25, 0.3) is 0 Å². The molecule has 0 aromatic rings. The Morgan fingerprint density at radius 1 is 1.14 bits per heavy atom. The molecule has 8 heteroatoms. The van der Waals surface area contributed by atoms with E-state index in [1.54, 1.807) is 19.2 Å². The van der Waals surface area contributed by atoms with E-state index in [-0.39, 0.29) is 11.0 Å². The minimum absolute atomic E-state index is 0.159. The first-order chi connectivity index (χ1) is 9.69. The van der Waals surface area contributed by atoms with E-state index in [1.165, 1.54) is 6.92 Å². The highest BCUT2D eigenvalue weighted by atomic mass is 32.2. The standard InChI is InChI=1S/C9H17NO3S.C5H11NO2/c1-5-7-10(4,8-6-2)9(3)14(11,12)13;1-6(2,3)4-5(7)8/h5-6,9H,1-2,7-8H2,3-4H3;4H2,1-3H3/p+2. The third kappa shape index (κ3) is 10.5. The summed E-state index contributed by atoms with van der Waals surface area (Å²) in [6, 6.07) is 0. The van der Waals surface area contributed by atoms with Gasteiger partial charge in [-0.2, -0.15) is 8.42 Å². The summed E-state index contributed by atoms with van der Waals surface area (Å²) in [5, 5.41) is 7.36. The van der Waals surface area contributed by atoms with Gasteiger partial charge in [0.05, 0.1) is 41.3 Å². The number of quaternary nitrogens is 2. The minimum atomic E-state index is -4.03. The first-order valence-corrected chi connectivity index (χ1v) is 8.24. The molecule has 0 aromatic carbocycles. The summed E-state index contributed by atoms with van der Waals surface area (Å²) in [6.45, 7) is 9.72. The van der Waals surface area contributed by atoms with Gasteiger partial charge in [0.15, 0.2) is 6.54 Å². The molecule has 1 unspecified atom stereocenters. The van der Waals surface area contributed by atoms with E-state index in [4.69, 9.17) is 9.66 Å². The molecule has 0 fully saturated rings. The fraction of sp³-hybridized carbons (Fsp3) is 0.643. The van der Waals surface area contributed by atoms with Gasteiger partial charge >= 0.3 is 16.1 Å². The lowest BCUT2D eigenvalue weighted by atomic mass is 10.3. The van der Waals surface area contributed by atoms with E-state index in [2.05, 4.69) is 13.2 Å². The normalized spacial score (nSPS) is 13.5. The van der Waals surface area contributed by atoms with E-state index in [9.17, 15) is 13.2 Å². The van der Waals surface area contributed by atoms with Gasteiger partial charge in [-0.15, -0.1) is 0 Å². The van der Waals surface area contributed by atoms with Crippen LogP contribution in [0.4, 0.5) is 0 Å².